The van der Waals surface area contributed by atoms with Gasteiger partial charge in [-0.05, 0) is 48.9 Å². The highest BCUT2D eigenvalue weighted by Gasteiger charge is 2.05. The van der Waals surface area contributed by atoms with E-state index in [1.54, 1.807) is 25.4 Å². The minimum Gasteiger partial charge on any atom is -0.467 e. The summed E-state index contributed by atoms with van der Waals surface area (Å²) in [5.74, 6) is -0.206. The number of carbonyl (C=O) groups is 1. The van der Waals surface area contributed by atoms with Crippen molar-refractivity contribution in [1.29, 1.82) is 0 Å². The molecule has 1 aromatic carbocycles. The molecule has 0 saturated carbocycles. The Morgan fingerprint density at radius 3 is 2.82 bits per heavy atom. The molecule has 4 nitrogen and oxygen atoms in total. The number of aryl methyl sites for hydroxylation is 1. The molecule has 0 saturated heterocycles. The van der Waals surface area contributed by atoms with Crippen molar-refractivity contribution in [3.05, 3.63) is 53.6 Å². The normalized spacial score (nSPS) is 10.7. The summed E-state index contributed by atoms with van der Waals surface area (Å²) < 4.78 is 18.0. The number of benzene rings is 1. The third kappa shape index (κ3) is 4.36. The molecular weight excluding hydrogens is 283 g/mol. The maximum absolute atomic E-state index is 13.4. The van der Waals surface area contributed by atoms with Crippen LogP contribution in [0.1, 0.15) is 11.1 Å². The van der Waals surface area contributed by atoms with Crippen molar-refractivity contribution >= 4 is 6.47 Å². The molecule has 0 unspecified atom stereocenters. The van der Waals surface area contributed by atoms with E-state index in [1.165, 1.54) is 6.07 Å². The smallest absolute Gasteiger partial charge is 0.293 e. The summed E-state index contributed by atoms with van der Waals surface area (Å²) in [5, 5.41) is 0. The number of halogens is 1. The fraction of sp³-hybridized carbons (Fsp3) is 0.294. The highest BCUT2D eigenvalue weighted by atomic mass is 19.1. The molecule has 116 valence electrons. The van der Waals surface area contributed by atoms with Gasteiger partial charge in [0, 0.05) is 31.0 Å². The third-order valence-corrected chi connectivity index (χ3v) is 3.40. The van der Waals surface area contributed by atoms with E-state index >= 15 is 0 Å². The van der Waals surface area contributed by atoms with Gasteiger partial charge < -0.3 is 4.74 Å². The quantitative estimate of drug-likeness (QED) is 0.582. The zero-order chi connectivity index (χ0) is 15.9. The molecule has 1 heterocycles. The average molecular weight is 302 g/mol. The van der Waals surface area contributed by atoms with E-state index in [-0.39, 0.29) is 5.82 Å². The van der Waals surface area contributed by atoms with Gasteiger partial charge in [-0.3, -0.25) is 14.7 Å². The number of hydrogen-bond acceptors (Lipinski definition) is 4. The monoisotopic (exact) mass is 302 g/mol. The number of rotatable bonds is 7. The second-order valence-corrected chi connectivity index (χ2v) is 5.25. The van der Waals surface area contributed by atoms with Crippen LogP contribution in [0.15, 0.2) is 36.7 Å². The van der Waals surface area contributed by atoms with Crippen molar-refractivity contribution in [3.63, 3.8) is 0 Å². The van der Waals surface area contributed by atoms with Gasteiger partial charge in [-0.25, -0.2) is 4.39 Å². The minimum absolute atomic E-state index is 0.206. The van der Waals surface area contributed by atoms with Gasteiger partial charge in [0.25, 0.3) is 6.47 Å². The number of carbonyl (C=O) groups excluding carboxylic acids is 1. The van der Waals surface area contributed by atoms with E-state index in [9.17, 15) is 9.18 Å². The summed E-state index contributed by atoms with van der Waals surface area (Å²) in [6, 6.07) is 7.08. The molecular formula is C17H19FN2O2. The van der Waals surface area contributed by atoms with Crippen LogP contribution in [0.4, 0.5) is 4.39 Å². The van der Waals surface area contributed by atoms with Gasteiger partial charge in [-0.1, -0.05) is 6.07 Å². The van der Waals surface area contributed by atoms with E-state index < -0.39 is 0 Å². The Bertz CT molecular complexity index is 646. The van der Waals surface area contributed by atoms with Crippen LogP contribution in [0, 0.1) is 12.7 Å². The lowest BCUT2D eigenvalue weighted by molar-refractivity contribution is -0.129. The zero-order valence-electron chi connectivity index (χ0n) is 12.8. The minimum atomic E-state index is -0.206. The van der Waals surface area contributed by atoms with Crippen molar-refractivity contribution in [1.82, 2.24) is 9.88 Å². The van der Waals surface area contributed by atoms with Crippen LogP contribution in [0.2, 0.25) is 0 Å². The number of nitrogens with zero attached hydrogens (tertiary/aromatic N) is 2. The van der Waals surface area contributed by atoms with Crippen LogP contribution >= 0.6 is 0 Å². The lowest BCUT2D eigenvalue weighted by Gasteiger charge is -2.16. The maximum Gasteiger partial charge on any atom is 0.293 e. The molecule has 2 rings (SSSR count). The Morgan fingerprint density at radius 2 is 2.09 bits per heavy atom. The lowest BCUT2D eigenvalue weighted by atomic mass is 10.0. The summed E-state index contributed by atoms with van der Waals surface area (Å²) in [5.41, 5.74) is 3.57. The van der Waals surface area contributed by atoms with E-state index in [1.807, 2.05) is 24.1 Å². The number of hydrogen-bond donors (Lipinski definition) is 0. The maximum atomic E-state index is 13.4. The first-order valence-electron chi connectivity index (χ1n) is 7.04. The summed E-state index contributed by atoms with van der Waals surface area (Å²) in [4.78, 5) is 16.4. The highest BCUT2D eigenvalue weighted by Crippen LogP contribution is 2.22. The fourth-order valence-electron chi connectivity index (χ4n) is 2.20. The summed E-state index contributed by atoms with van der Waals surface area (Å²) in [7, 11) is 1.95. The van der Waals surface area contributed by atoms with Crippen LogP contribution in [-0.4, -0.2) is 36.6 Å². The molecule has 0 radical (unpaired) electrons. The second-order valence-electron chi connectivity index (χ2n) is 5.25. The van der Waals surface area contributed by atoms with Crippen LogP contribution in [0.25, 0.3) is 11.1 Å². The molecule has 22 heavy (non-hydrogen) atoms. The van der Waals surface area contributed by atoms with Crippen molar-refractivity contribution < 1.29 is 13.9 Å². The molecule has 2 aromatic rings. The predicted molar refractivity (Wildman–Crippen MR) is 82.7 cm³/mol. The van der Waals surface area contributed by atoms with Gasteiger partial charge in [0.2, 0.25) is 0 Å². The molecule has 0 spiro atoms. The third-order valence-electron chi connectivity index (χ3n) is 3.40. The number of ether oxygens (including phenoxy) is 1. The van der Waals surface area contributed by atoms with E-state index in [2.05, 4.69) is 9.72 Å². The zero-order valence-corrected chi connectivity index (χ0v) is 12.8. The van der Waals surface area contributed by atoms with Gasteiger partial charge in [0.1, 0.15) is 12.4 Å². The Morgan fingerprint density at radius 1 is 1.27 bits per heavy atom. The van der Waals surface area contributed by atoms with E-state index in [0.717, 1.165) is 16.7 Å². The van der Waals surface area contributed by atoms with E-state index in [4.69, 9.17) is 0 Å². The van der Waals surface area contributed by atoms with Gasteiger partial charge in [-0.15, -0.1) is 0 Å². The largest absolute Gasteiger partial charge is 0.467 e. The van der Waals surface area contributed by atoms with Gasteiger partial charge in [0.15, 0.2) is 0 Å². The molecule has 0 N–H and O–H groups in total. The molecule has 1 aromatic heterocycles. The Labute approximate surface area is 129 Å². The molecule has 5 heteroatoms. The summed E-state index contributed by atoms with van der Waals surface area (Å²) in [6.07, 6.45) is 3.57. The van der Waals surface area contributed by atoms with Gasteiger partial charge >= 0.3 is 0 Å². The summed E-state index contributed by atoms with van der Waals surface area (Å²) >= 11 is 0. The molecule has 0 aliphatic rings. The SMILES string of the molecule is Cc1cc(-c2cncc(CN(C)CCOC=O)c2)ccc1F. The first-order valence-corrected chi connectivity index (χ1v) is 7.04. The van der Waals surface area contributed by atoms with Crippen LogP contribution < -0.4 is 0 Å². The lowest BCUT2D eigenvalue weighted by Crippen LogP contribution is -2.22. The van der Waals surface area contributed by atoms with Crippen LogP contribution in [-0.2, 0) is 16.1 Å². The molecule has 0 aliphatic heterocycles. The number of aromatic nitrogens is 1. The van der Waals surface area contributed by atoms with Crippen molar-refractivity contribution in [2.45, 2.75) is 13.5 Å². The molecule has 0 aliphatic carbocycles. The Kier molecular flexibility index (Phi) is 5.61. The summed E-state index contributed by atoms with van der Waals surface area (Å²) in [6.45, 7) is 3.91. The first kappa shape index (κ1) is 16.1. The number of likely N-dealkylation sites (N-methyl/N-ethyl adjacent to an activating group) is 1. The topological polar surface area (TPSA) is 42.4 Å². The first-order chi connectivity index (χ1) is 10.6. The standard InChI is InChI=1S/C17H19FN2O2/c1-13-7-15(3-4-17(13)18)16-8-14(9-19-10-16)11-20(2)5-6-22-12-21/h3-4,7-10,12H,5-6,11H2,1-2H3. The molecule has 0 amide bonds. The molecule has 0 fully saturated rings. The van der Waals surface area contributed by atoms with E-state index in [0.29, 0.717) is 31.7 Å². The molecule has 0 atom stereocenters. The Balaban J connectivity index is 2.09. The highest BCUT2D eigenvalue weighted by molar-refractivity contribution is 5.63. The average Bonchev–Trinajstić information content (AvgIpc) is 2.50. The molecule has 0 bridgehead atoms. The van der Waals surface area contributed by atoms with Crippen LogP contribution in [0.3, 0.4) is 0 Å². The number of pyridine rings is 1. The van der Waals surface area contributed by atoms with Crippen molar-refractivity contribution in [2.24, 2.45) is 0 Å². The second kappa shape index (κ2) is 7.66. The fourth-order valence-corrected chi connectivity index (χ4v) is 2.20. The van der Waals surface area contributed by atoms with Gasteiger partial charge in [-0.2, -0.15) is 0 Å². The Hall–Kier alpha value is -2.27. The van der Waals surface area contributed by atoms with Crippen molar-refractivity contribution in [2.75, 3.05) is 20.2 Å². The van der Waals surface area contributed by atoms with Crippen LogP contribution in [0.5, 0.6) is 0 Å². The van der Waals surface area contributed by atoms with Gasteiger partial charge in [0.05, 0.1) is 0 Å². The van der Waals surface area contributed by atoms with Crippen molar-refractivity contribution in [3.8, 4) is 11.1 Å². The predicted octanol–water partition coefficient (Wildman–Crippen LogP) is 2.80.